The Balaban J connectivity index is 1.67. The Labute approximate surface area is 137 Å². The zero-order valence-electron chi connectivity index (χ0n) is 12.4. The fourth-order valence-corrected chi connectivity index (χ4v) is 2.51. The number of aromatic nitrogens is 1. The lowest BCUT2D eigenvalue weighted by atomic mass is 10.2. The van der Waals surface area contributed by atoms with Gasteiger partial charge < -0.3 is 19.4 Å². The minimum absolute atomic E-state index is 0.0181. The summed E-state index contributed by atoms with van der Waals surface area (Å²) in [5.41, 5.74) is -0.110. The van der Waals surface area contributed by atoms with Crippen LogP contribution in [-0.2, 0) is 0 Å². The molecular weight excluding hydrogens is 320 g/mol. The molecular formula is C16H15ClN2O4. The van der Waals surface area contributed by atoms with E-state index in [-0.39, 0.29) is 17.0 Å². The number of benzene rings is 1. The van der Waals surface area contributed by atoms with Crippen LogP contribution in [0, 0.1) is 0 Å². The number of nitrogens with one attached hydrogen (secondary N) is 1. The van der Waals surface area contributed by atoms with E-state index in [2.05, 4.69) is 4.98 Å². The van der Waals surface area contributed by atoms with Crippen molar-refractivity contribution in [3.8, 4) is 11.5 Å². The van der Waals surface area contributed by atoms with Gasteiger partial charge in [0.2, 0.25) is 0 Å². The highest BCUT2D eigenvalue weighted by molar-refractivity contribution is 6.30. The Morgan fingerprint density at radius 1 is 1.39 bits per heavy atom. The number of halogens is 1. The first kappa shape index (κ1) is 15.4. The predicted molar refractivity (Wildman–Crippen MR) is 85.4 cm³/mol. The molecule has 3 rings (SSSR count). The highest BCUT2D eigenvalue weighted by Crippen LogP contribution is 2.31. The van der Waals surface area contributed by atoms with Gasteiger partial charge in [-0.15, -0.1) is 0 Å². The molecule has 1 aliphatic heterocycles. The third kappa shape index (κ3) is 3.32. The van der Waals surface area contributed by atoms with Crippen molar-refractivity contribution in [2.45, 2.75) is 6.10 Å². The number of likely N-dealkylation sites (N-methyl/N-ethyl adjacent to an activating group) is 1. The Bertz CT molecular complexity index is 790. The van der Waals surface area contributed by atoms with Crippen LogP contribution >= 0.6 is 11.6 Å². The number of amides is 1. The van der Waals surface area contributed by atoms with Crippen LogP contribution in [0.15, 0.2) is 41.3 Å². The van der Waals surface area contributed by atoms with E-state index in [9.17, 15) is 9.59 Å². The smallest absolute Gasteiger partial charge is 0.266 e. The van der Waals surface area contributed by atoms with Gasteiger partial charge in [0, 0.05) is 13.2 Å². The van der Waals surface area contributed by atoms with Gasteiger partial charge in [0.15, 0.2) is 17.6 Å². The minimum Gasteiger partial charge on any atom is -0.486 e. The maximum Gasteiger partial charge on any atom is 0.266 e. The molecule has 0 aliphatic carbocycles. The summed E-state index contributed by atoms with van der Waals surface area (Å²) in [6.07, 6.45) is 1.08. The number of hydrogen-bond donors (Lipinski definition) is 1. The zero-order valence-corrected chi connectivity index (χ0v) is 13.2. The molecule has 0 fully saturated rings. The van der Waals surface area contributed by atoms with Crippen LogP contribution in [0.1, 0.15) is 10.4 Å². The van der Waals surface area contributed by atoms with Gasteiger partial charge in [0.25, 0.3) is 11.5 Å². The van der Waals surface area contributed by atoms with E-state index >= 15 is 0 Å². The molecule has 0 radical (unpaired) electrons. The van der Waals surface area contributed by atoms with Crippen LogP contribution in [0.25, 0.3) is 0 Å². The average molecular weight is 335 g/mol. The van der Waals surface area contributed by atoms with Crippen molar-refractivity contribution in [1.29, 1.82) is 0 Å². The molecule has 23 heavy (non-hydrogen) atoms. The Morgan fingerprint density at radius 2 is 2.13 bits per heavy atom. The standard InChI is InChI=1S/C16H15ClN2O4/c1-19(16(21)10-6-12(17)15(20)18-7-10)8-11-9-22-13-4-2-3-5-14(13)23-11/h2-7,11H,8-9H2,1H3,(H,18,20)/t11-/m0/s1. The number of rotatable bonds is 3. The number of H-pyrrole nitrogens is 1. The van der Waals surface area contributed by atoms with E-state index in [0.29, 0.717) is 30.2 Å². The van der Waals surface area contributed by atoms with E-state index in [0.717, 1.165) is 0 Å². The average Bonchev–Trinajstić information content (AvgIpc) is 2.56. The molecule has 6 nitrogen and oxygen atoms in total. The van der Waals surface area contributed by atoms with Gasteiger partial charge in [-0.1, -0.05) is 23.7 Å². The number of nitrogens with zero attached hydrogens (tertiary/aromatic N) is 1. The Kier molecular flexibility index (Phi) is 4.25. The van der Waals surface area contributed by atoms with E-state index in [1.807, 2.05) is 24.3 Å². The van der Waals surface area contributed by atoms with E-state index < -0.39 is 5.56 Å². The molecule has 1 aromatic heterocycles. The van der Waals surface area contributed by atoms with Gasteiger partial charge in [-0.05, 0) is 18.2 Å². The molecule has 2 heterocycles. The van der Waals surface area contributed by atoms with E-state index in [1.165, 1.54) is 17.2 Å². The molecule has 0 spiro atoms. The molecule has 0 saturated heterocycles. The number of para-hydroxylation sites is 2. The molecule has 0 saturated carbocycles. The monoisotopic (exact) mass is 334 g/mol. The van der Waals surface area contributed by atoms with Crippen molar-refractivity contribution in [2.75, 3.05) is 20.2 Å². The summed E-state index contributed by atoms with van der Waals surface area (Å²) in [5.74, 6) is 1.10. The first-order valence-electron chi connectivity index (χ1n) is 7.07. The van der Waals surface area contributed by atoms with Gasteiger partial charge >= 0.3 is 0 Å². The Hall–Kier alpha value is -2.47. The van der Waals surface area contributed by atoms with Crippen molar-refractivity contribution < 1.29 is 14.3 Å². The van der Waals surface area contributed by atoms with Crippen LogP contribution in [0.5, 0.6) is 11.5 Å². The number of carbonyl (C=O) groups excluding carboxylic acids is 1. The fraction of sp³-hybridized carbons (Fsp3) is 0.250. The molecule has 1 amide bonds. The molecule has 120 valence electrons. The van der Waals surface area contributed by atoms with Crippen molar-refractivity contribution in [2.24, 2.45) is 0 Å². The predicted octanol–water partition coefficient (Wildman–Crippen LogP) is 1.94. The van der Waals surface area contributed by atoms with Crippen LogP contribution in [0.4, 0.5) is 0 Å². The first-order chi connectivity index (χ1) is 11.0. The fourth-order valence-electron chi connectivity index (χ4n) is 2.34. The second-order valence-corrected chi connectivity index (χ2v) is 5.66. The number of carbonyl (C=O) groups is 1. The topological polar surface area (TPSA) is 71.6 Å². The summed E-state index contributed by atoms with van der Waals surface area (Å²) < 4.78 is 11.5. The van der Waals surface area contributed by atoms with Crippen molar-refractivity contribution in [3.05, 3.63) is 57.5 Å². The molecule has 7 heteroatoms. The third-order valence-electron chi connectivity index (χ3n) is 3.50. The van der Waals surface area contributed by atoms with Gasteiger partial charge in [-0.3, -0.25) is 9.59 Å². The van der Waals surface area contributed by atoms with Gasteiger partial charge in [-0.2, -0.15) is 0 Å². The molecule has 2 aromatic rings. The second kappa shape index (κ2) is 6.34. The van der Waals surface area contributed by atoms with E-state index in [1.54, 1.807) is 7.05 Å². The largest absolute Gasteiger partial charge is 0.486 e. The number of ether oxygens (including phenoxy) is 2. The van der Waals surface area contributed by atoms with E-state index in [4.69, 9.17) is 21.1 Å². The number of fused-ring (bicyclic) bond motifs is 1. The summed E-state index contributed by atoms with van der Waals surface area (Å²) in [6, 6.07) is 8.75. The number of hydrogen-bond acceptors (Lipinski definition) is 4. The maximum atomic E-state index is 12.4. The van der Waals surface area contributed by atoms with Crippen molar-refractivity contribution in [1.82, 2.24) is 9.88 Å². The lowest BCUT2D eigenvalue weighted by Crippen LogP contribution is -2.41. The highest BCUT2D eigenvalue weighted by Gasteiger charge is 2.24. The van der Waals surface area contributed by atoms with Crippen LogP contribution in [0.3, 0.4) is 0 Å². The Morgan fingerprint density at radius 3 is 2.87 bits per heavy atom. The van der Waals surface area contributed by atoms with Crippen LogP contribution in [-0.4, -0.2) is 42.1 Å². The van der Waals surface area contributed by atoms with Gasteiger partial charge in [0.1, 0.15) is 11.6 Å². The molecule has 1 atom stereocenters. The zero-order chi connectivity index (χ0) is 16.4. The molecule has 1 N–H and O–H groups in total. The van der Waals surface area contributed by atoms with Crippen LogP contribution < -0.4 is 15.0 Å². The SMILES string of the molecule is CN(C[C@H]1COc2ccccc2O1)C(=O)c1c[nH]c(=O)c(Cl)c1. The molecule has 1 aliphatic rings. The van der Waals surface area contributed by atoms with Crippen molar-refractivity contribution in [3.63, 3.8) is 0 Å². The molecule has 0 bridgehead atoms. The number of aromatic amines is 1. The lowest BCUT2D eigenvalue weighted by molar-refractivity contribution is 0.0520. The normalized spacial score (nSPS) is 16.0. The van der Waals surface area contributed by atoms with Gasteiger partial charge in [0.05, 0.1) is 12.1 Å². The summed E-state index contributed by atoms with van der Waals surface area (Å²) >= 11 is 5.75. The number of pyridine rings is 1. The van der Waals surface area contributed by atoms with Crippen LogP contribution in [0.2, 0.25) is 5.02 Å². The summed E-state index contributed by atoms with van der Waals surface area (Å²) in [5, 5.41) is -0.0181. The summed E-state index contributed by atoms with van der Waals surface area (Å²) in [4.78, 5) is 27.6. The lowest BCUT2D eigenvalue weighted by Gasteiger charge is -2.29. The maximum absolute atomic E-state index is 12.4. The van der Waals surface area contributed by atoms with Gasteiger partial charge in [-0.25, -0.2) is 0 Å². The third-order valence-corrected chi connectivity index (χ3v) is 3.78. The summed E-state index contributed by atoms with van der Waals surface area (Å²) in [7, 11) is 1.66. The molecule has 1 aromatic carbocycles. The van der Waals surface area contributed by atoms with Crippen molar-refractivity contribution >= 4 is 17.5 Å². The minimum atomic E-state index is -0.425. The first-order valence-corrected chi connectivity index (χ1v) is 7.44. The molecule has 0 unspecified atom stereocenters. The quantitative estimate of drug-likeness (QED) is 0.931. The second-order valence-electron chi connectivity index (χ2n) is 5.25. The summed E-state index contributed by atoms with van der Waals surface area (Å²) in [6.45, 7) is 0.713. The highest BCUT2D eigenvalue weighted by atomic mass is 35.5.